The number of amidine groups is 1. The van der Waals surface area contributed by atoms with E-state index in [4.69, 9.17) is 16.3 Å². The minimum Gasteiger partial charge on any atom is -0.497 e. The molecule has 144 valence electrons. The highest BCUT2D eigenvalue weighted by Gasteiger charge is 2.30. The predicted molar refractivity (Wildman–Crippen MR) is 112 cm³/mol. The molecule has 0 aliphatic carbocycles. The van der Waals surface area contributed by atoms with Gasteiger partial charge in [-0.15, -0.1) is 5.10 Å². The summed E-state index contributed by atoms with van der Waals surface area (Å²) in [6.45, 7) is 0. The molecule has 0 saturated carbocycles. The molecule has 1 aliphatic rings. The molecule has 2 amide bonds. The van der Waals surface area contributed by atoms with Crippen molar-refractivity contribution in [3.05, 3.63) is 59.1 Å². The van der Waals surface area contributed by atoms with Gasteiger partial charge in [-0.2, -0.15) is 5.10 Å². The van der Waals surface area contributed by atoms with Gasteiger partial charge in [0, 0.05) is 6.42 Å². The van der Waals surface area contributed by atoms with Gasteiger partial charge in [0.05, 0.1) is 24.0 Å². The molecule has 1 aliphatic heterocycles. The van der Waals surface area contributed by atoms with Crippen LogP contribution in [0.4, 0.5) is 5.69 Å². The van der Waals surface area contributed by atoms with Gasteiger partial charge < -0.3 is 15.4 Å². The minimum atomic E-state index is -0.625. The first kappa shape index (κ1) is 19.9. The van der Waals surface area contributed by atoms with Crippen LogP contribution in [0, 0.1) is 0 Å². The number of methoxy groups -OCH3 is 1. The first-order chi connectivity index (χ1) is 13.5. The number of carbonyl (C=O) groups is 2. The molecule has 28 heavy (non-hydrogen) atoms. The Morgan fingerprint density at radius 1 is 1.29 bits per heavy atom. The van der Waals surface area contributed by atoms with E-state index in [-0.39, 0.29) is 23.4 Å². The SMILES string of the molecule is COc1ccc(C=N/N=C2\NC(=O)C[C@@H](C(=O)Nc3ccccc3Cl)S2)cc1. The lowest BCUT2D eigenvalue weighted by molar-refractivity contribution is -0.123. The number of hydrogen-bond donors (Lipinski definition) is 2. The van der Waals surface area contributed by atoms with Crippen molar-refractivity contribution in [3.8, 4) is 5.75 Å². The second kappa shape index (κ2) is 9.38. The van der Waals surface area contributed by atoms with Crippen molar-refractivity contribution in [2.45, 2.75) is 11.7 Å². The molecule has 0 bridgehead atoms. The third-order valence-corrected chi connectivity index (χ3v) is 5.17. The summed E-state index contributed by atoms with van der Waals surface area (Å²) in [4.78, 5) is 24.4. The average Bonchev–Trinajstić information content (AvgIpc) is 2.70. The standard InChI is InChI=1S/C19H17ClN4O3S/c1-27-13-8-6-12(7-9-13)11-21-24-19-23-17(25)10-16(28-19)18(26)22-15-5-3-2-4-14(15)20/h2-9,11,16H,10H2,1H3,(H,22,26)(H,23,24,25)/t16-/m0/s1. The Kier molecular flexibility index (Phi) is 6.67. The Hall–Kier alpha value is -2.84. The second-order valence-corrected chi connectivity index (χ2v) is 7.35. The zero-order valence-corrected chi connectivity index (χ0v) is 16.5. The first-order valence-corrected chi connectivity index (χ1v) is 9.58. The van der Waals surface area contributed by atoms with Crippen LogP contribution >= 0.6 is 23.4 Å². The molecule has 2 aromatic rings. The van der Waals surface area contributed by atoms with Crippen LogP contribution in [-0.2, 0) is 9.59 Å². The minimum absolute atomic E-state index is 0.0438. The van der Waals surface area contributed by atoms with E-state index >= 15 is 0 Å². The molecule has 0 unspecified atom stereocenters. The smallest absolute Gasteiger partial charge is 0.238 e. The normalized spacial score (nSPS) is 18.1. The van der Waals surface area contributed by atoms with Crippen LogP contribution in [0.1, 0.15) is 12.0 Å². The molecular weight excluding hydrogens is 400 g/mol. The molecule has 1 heterocycles. The van der Waals surface area contributed by atoms with E-state index in [1.807, 2.05) is 12.1 Å². The van der Waals surface area contributed by atoms with Crippen LogP contribution in [-0.4, -0.2) is 35.6 Å². The van der Waals surface area contributed by atoms with Gasteiger partial charge in [-0.25, -0.2) is 0 Å². The summed E-state index contributed by atoms with van der Waals surface area (Å²) in [5.41, 5.74) is 1.32. The summed E-state index contributed by atoms with van der Waals surface area (Å²) in [6.07, 6.45) is 1.59. The number of ether oxygens (including phenoxy) is 1. The molecule has 1 atom stereocenters. The largest absolute Gasteiger partial charge is 0.497 e. The highest BCUT2D eigenvalue weighted by Crippen LogP contribution is 2.25. The summed E-state index contributed by atoms with van der Waals surface area (Å²) in [5.74, 6) is 0.127. The molecule has 3 rings (SSSR count). The van der Waals surface area contributed by atoms with E-state index in [1.54, 1.807) is 49.7 Å². The number of carbonyl (C=O) groups excluding carboxylic acids is 2. The van der Waals surface area contributed by atoms with Gasteiger partial charge in [-0.1, -0.05) is 35.5 Å². The lowest BCUT2D eigenvalue weighted by atomic mass is 10.2. The third-order valence-electron chi connectivity index (χ3n) is 3.77. The van der Waals surface area contributed by atoms with Gasteiger partial charge in [-0.3, -0.25) is 9.59 Å². The molecule has 1 fully saturated rings. The number of hydrogen-bond acceptors (Lipinski definition) is 6. The van der Waals surface area contributed by atoms with E-state index < -0.39 is 5.25 Å². The summed E-state index contributed by atoms with van der Waals surface area (Å²) < 4.78 is 5.10. The van der Waals surface area contributed by atoms with E-state index in [0.29, 0.717) is 10.7 Å². The summed E-state index contributed by atoms with van der Waals surface area (Å²) in [6, 6.07) is 14.2. The average molecular weight is 417 g/mol. The molecule has 2 aromatic carbocycles. The van der Waals surface area contributed by atoms with Crippen molar-refractivity contribution < 1.29 is 14.3 Å². The Labute approximate surface area is 171 Å². The van der Waals surface area contributed by atoms with Crippen LogP contribution in [0.25, 0.3) is 0 Å². The number of halogens is 1. The number of anilines is 1. The van der Waals surface area contributed by atoms with Crippen LogP contribution in [0.5, 0.6) is 5.75 Å². The quantitative estimate of drug-likeness (QED) is 0.577. The van der Waals surface area contributed by atoms with Gasteiger partial charge >= 0.3 is 0 Å². The van der Waals surface area contributed by atoms with E-state index in [2.05, 4.69) is 20.8 Å². The van der Waals surface area contributed by atoms with Gasteiger partial charge in [0.1, 0.15) is 11.0 Å². The van der Waals surface area contributed by atoms with Crippen molar-refractivity contribution in [2.24, 2.45) is 10.2 Å². The van der Waals surface area contributed by atoms with Crippen LogP contribution in [0.15, 0.2) is 58.7 Å². The van der Waals surface area contributed by atoms with Gasteiger partial charge in [-0.05, 0) is 42.0 Å². The zero-order valence-electron chi connectivity index (χ0n) is 14.9. The van der Waals surface area contributed by atoms with Gasteiger partial charge in [0.2, 0.25) is 11.8 Å². The molecule has 0 spiro atoms. The number of amides is 2. The van der Waals surface area contributed by atoms with E-state index in [0.717, 1.165) is 23.1 Å². The fourth-order valence-corrected chi connectivity index (χ4v) is 3.47. The van der Waals surface area contributed by atoms with E-state index in [1.165, 1.54) is 0 Å². The molecule has 9 heteroatoms. The number of nitrogens with zero attached hydrogens (tertiary/aromatic N) is 2. The van der Waals surface area contributed by atoms with Crippen LogP contribution in [0.2, 0.25) is 5.02 Å². The molecule has 0 aromatic heterocycles. The van der Waals surface area contributed by atoms with Crippen molar-refractivity contribution in [1.82, 2.24) is 5.32 Å². The van der Waals surface area contributed by atoms with Gasteiger partial charge in [0.25, 0.3) is 0 Å². The Bertz CT molecular complexity index is 931. The lowest BCUT2D eigenvalue weighted by Gasteiger charge is -2.21. The molecule has 7 nitrogen and oxygen atoms in total. The maximum atomic E-state index is 12.5. The van der Waals surface area contributed by atoms with Crippen LogP contribution in [0.3, 0.4) is 0 Å². The second-order valence-electron chi connectivity index (χ2n) is 5.75. The number of benzene rings is 2. The number of thioether (sulfide) groups is 1. The predicted octanol–water partition coefficient (Wildman–Crippen LogP) is 3.30. The first-order valence-electron chi connectivity index (χ1n) is 8.32. The summed E-state index contributed by atoms with van der Waals surface area (Å²) >= 11 is 7.20. The maximum absolute atomic E-state index is 12.5. The van der Waals surface area contributed by atoms with Gasteiger partial charge in [0.15, 0.2) is 5.17 Å². The van der Waals surface area contributed by atoms with Crippen molar-refractivity contribution >= 4 is 52.2 Å². The van der Waals surface area contributed by atoms with Crippen molar-refractivity contribution in [1.29, 1.82) is 0 Å². The summed E-state index contributed by atoms with van der Waals surface area (Å²) in [7, 11) is 1.59. The van der Waals surface area contributed by atoms with E-state index in [9.17, 15) is 9.59 Å². The fraction of sp³-hybridized carbons (Fsp3) is 0.158. The monoisotopic (exact) mass is 416 g/mol. The third kappa shape index (κ3) is 5.34. The maximum Gasteiger partial charge on any atom is 0.238 e. The highest BCUT2D eigenvalue weighted by atomic mass is 35.5. The topological polar surface area (TPSA) is 92.2 Å². The Morgan fingerprint density at radius 2 is 2.04 bits per heavy atom. The fourth-order valence-electron chi connectivity index (χ4n) is 2.35. The number of para-hydroxylation sites is 1. The van der Waals surface area contributed by atoms with Crippen LogP contribution < -0.4 is 15.4 Å². The lowest BCUT2D eigenvalue weighted by Crippen LogP contribution is -2.41. The molecule has 0 radical (unpaired) electrons. The Balaban J connectivity index is 1.65. The number of nitrogens with one attached hydrogen (secondary N) is 2. The molecular formula is C19H17ClN4O3S. The molecule has 2 N–H and O–H groups in total. The molecule has 1 saturated heterocycles. The zero-order chi connectivity index (χ0) is 19.9. The van der Waals surface area contributed by atoms with Crippen molar-refractivity contribution in [3.63, 3.8) is 0 Å². The van der Waals surface area contributed by atoms with Crippen molar-refractivity contribution in [2.75, 3.05) is 12.4 Å². The highest BCUT2D eigenvalue weighted by molar-refractivity contribution is 8.15. The number of rotatable bonds is 5. The Morgan fingerprint density at radius 3 is 2.75 bits per heavy atom. The summed E-state index contributed by atoms with van der Waals surface area (Å²) in [5, 5.41) is 13.4.